The monoisotopic (exact) mass is 347 g/mol. The van der Waals surface area contributed by atoms with Crippen LogP contribution >= 0.6 is 22.9 Å². The fourth-order valence-electron chi connectivity index (χ4n) is 2.15. The van der Waals surface area contributed by atoms with Gasteiger partial charge in [-0.05, 0) is 36.8 Å². The number of halogens is 1. The molecule has 0 saturated heterocycles. The number of fused-ring (bicyclic) bond motifs is 1. The van der Waals surface area contributed by atoms with Gasteiger partial charge in [-0.1, -0.05) is 35.1 Å². The van der Waals surface area contributed by atoms with E-state index in [1.807, 2.05) is 19.1 Å². The highest BCUT2D eigenvalue weighted by Crippen LogP contribution is 2.34. The third-order valence-electron chi connectivity index (χ3n) is 3.23. The highest BCUT2D eigenvalue weighted by Gasteiger charge is 2.13. The second-order valence-electron chi connectivity index (χ2n) is 4.87. The van der Waals surface area contributed by atoms with Crippen molar-refractivity contribution in [3.63, 3.8) is 0 Å². The van der Waals surface area contributed by atoms with Crippen molar-refractivity contribution in [3.05, 3.63) is 47.0 Å². The average molecular weight is 348 g/mol. The maximum atomic E-state index is 12.1. The van der Waals surface area contributed by atoms with E-state index in [2.05, 4.69) is 15.6 Å². The zero-order chi connectivity index (χ0) is 16.4. The first-order chi connectivity index (χ1) is 11.1. The van der Waals surface area contributed by atoms with Gasteiger partial charge in [0.1, 0.15) is 11.3 Å². The number of ether oxygens (including phenoxy) is 1. The summed E-state index contributed by atoms with van der Waals surface area (Å²) in [5, 5.41) is 6.52. The molecule has 2 aromatic carbocycles. The number of carbonyl (C=O) groups excluding carboxylic acids is 1. The molecule has 5 nitrogen and oxygen atoms in total. The molecule has 7 heteroatoms. The van der Waals surface area contributed by atoms with Crippen LogP contribution in [0, 0.1) is 6.92 Å². The minimum absolute atomic E-state index is 0.372. The maximum absolute atomic E-state index is 12.1. The Balaban J connectivity index is 1.81. The molecule has 0 unspecified atom stereocenters. The number of nitrogens with zero attached hydrogens (tertiary/aromatic N) is 1. The third-order valence-corrected chi connectivity index (χ3v) is 4.57. The summed E-state index contributed by atoms with van der Waals surface area (Å²) in [4.78, 5) is 16.5. The number of hydrogen-bond acceptors (Lipinski definition) is 4. The molecule has 2 N–H and O–H groups in total. The number of methoxy groups -OCH3 is 1. The van der Waals surface area contributed by atoms with E-state index >= 15 is 0 Å². The van der Waals surface area contributed by atoms with Crippen LogP contribution in [-0.2, 0) is 0 Å². The summed E-state index contributed by atoms with van der Waals surface area (Å²) in [7, 11) is 1.60. The summed E-state index contributed by atoms with van der Waals surface area (Å²) in [5.74, 6) is 0.685. The maximum Gasteiger partial charge on any atom is 0.325 e. The van der Waals surface area contributed by atoms with Gasteiger partial charge in [-0.15, -0.1) is 0 Å². The van der Waals surface area contributed by atoms with E-state index in [1.165, 1.54) is 11.3 Å². The molecule has 1 heterocycles. The Morgan fingerprint density at radius 1 is 1.26 bits per heavy atom. The van der Waals surface area contributed by atoms with Crippen LogP contribution in [0.1, 0.15) is 5.56 Å². The number of hydrogen-bond donors (Lipinski definition) is 2. The largest absolute Gasteiger partial charge is 0.494 e. The minimum atomic E-state index is -0.372. The molecule has 118 valence electrons. The standard InChI is InChI=1S/C16H14ClN3O2S/c1-9-6-7-12(22-2)13-14(9)23-16(19-13)20-15(21)18-11-5-3-4-10(17)8-11/h3-8H,1-2H3,(H2,18,19,20,21). The van der Waals surface area contributed by atoms with E-state index in [0.717, 1.165) is 15.8 Å². The molecule has 0 aliphatic rings. The van der Waals surface area contributed by atoms with Gasteiger partial charge < -0.3 is 10.1 Å². The molecule has 2 amide bonds. The van der Waals surface area contributed by atoms with E-state index in [1.54, 1.807) is 31.4 Å². The number of carbonyl (C=O) groups is 1. The molecule has 0 fully saturated rings. The van der Waals surface area contributed by atoms with Crippen LogP contribution in [0.25, 0.3) is 10.2 Å². The molecule has 3 aromatic rings. The van der Waals surface area contributed by atoms with Crippen molar-refractivity contribution in [2.24, 2.45) is 0 Å². The Morgan fingerprint density at radius 2 is 2.09 bits per heavy atom. The van der Waals surface area contributed by atoms with Gasteiger partial charge in [0, 0.05) is 10.7 Å². The predicted octanol–water partition coefficient (Wildman–Crippen LogP) is 4.91. The molecule has 0 radical (unpaired) electrons. The van der Waals surface area contributed by atoms with Crippen molar-refractivity contribution in [1.82, 2.24) is 4.98 Å². The lowest BCUT2D eigenvalue weighted by atomic mass is 10.2. The van der Waals surface area contributed by atoms with E-state index in [0.29, 0.717) is 21.6 Å². The van der Waals surface area contributed by atoms with E-state index < -0.39 is 0 Å². The zero-order valence-electron chi connectivity index (χ0n) is 12.5. The summed E-state index contributed by atoms with van der Waals surface area (Å²) in [5.41, 5.74) is 2.45. The molecule has 23 heavy (non-hydrogen) atoms. The first-order valence-electron chi connectivity index (χ1n) is 6.84. The first kappa shape index (κ1) is 15.6. The summed E-state index contributed by atoms with van der Waals surface area (Å²) < 4.78 is 6.30. The number of aromatic nitrogens is 1. The SMILES string of the molecule is COc1ccc(C)c2sc(NC(=O)Nc3cccc(Cl)c3)nc12. The van der Waals surface area contributed by atoms with Gasteiger partial charge in [-0.2, -0.15) is 0 Å². The molecule has 0 saturated carbocycles. The Bertz CT molecular complexity index is 879. The first-order valence-corrected chi connectivity index (χ1v) is 8.04. The van der Waals surface area contributed by atoms with Crippen LogP contribution in [0.15, 0.2) is 36.4 Å². The Kier molecular flexibility index (Phi) is 4.36. The molecule has 0 atom stereocenters. The van der Waals surface area contributed by atoms with Crippen molar-refractivity contribution in [1.29, 1.82) is 0 Å². The van der Waals surface area contributed by atoms with Crippen molar-refractivity contribution in [2.45, 2.75) is 6.92 Å². The Hall–Kier alpha value is -2.31. The Morgan fingerprint density at radius 3 is 2.83 bits per heavy atom. The van der Waals surface area contributed by atoms with Crippen LogP contribution in [0.4, 0.5) is 15.6 Å². The predicted molar refractivity (Wildman–Crippen MR) is 95.0 cm³/mol. The number of benzene rings is 2. The summed E-state index contributed by atoms with van der Waals surface area (Å²) in [6.45, 7) is 2.00. The molecule has 0 spiro atoms. The van der Waals surface area contributed by atoms with Gasteiger partial charge in [-0.25, -0.2) is 9.78 Å². The quantitative estimate of drug-likeness (QED) is 0.707. The van der Waals surface area contributed by atoms with Crippen LogP contribution in [0.5, 0.6) is 5.75 Å². The van der Waals surface area contributed by atoms with Gasteiger partial charge in [0.05, 0.1) is 11.8 Å². The summed E-state index contributed by atoms with van der Waals surface area (Å²) >= 11 is 7.30. The number of amides is 2. The Labute approximate surface area is 142 Å². The van der Waals surface area contributed by atoms with Gasteiger partial charge in [0.2, 0.25) is 0 Å². The number of thiazole rings is 1. The third kappa shape index (κ3) is 3.38. The van der Waals surface area contributed by atoms with Crippen molar-refractivity contribution >= 4 is 50.0 Å². The van der Waals surface area contributed by atoms with E-state index in [9.17, 15) is 4.79 Å². The number of anilines is 2. The van der Waals surface area contributed by atoms with E-state index in [-0.39, 0.29) is 6.03 Å². The normalized spacial score (nSPS) is 10.6. The van der Waals surface area contributed by atoms with Crippen LogP contribution in [0.2, 0.25) is 5.02 Å². The van der Waals surface area contributed by atoms with Gasteiger partial charge >= 0.3 is 6.03 Å². The number of aryl methyl sites for hydroxylation is 1. The number of nitrogens with one attached hydrogen (secondary N) is 2. The highest BCUT2D eigenvalue weighted by atomic mass is 35.5. The van der Waals surface area contributed by atoms with Crippen molar-refractivity contribution < 1.29 is 9.53 Å². The fourth-order valence-corrected chi connectivity index (χ4v) is 3.29. The lowest BCUT2D eigenvalue weighted by Crippen LogP contribution is -2.19. The van der Waals surface area contributed by atoms with Crippen molar-refractivity contribution in [2.75, 3.05) is 17.7 Å². The highest BCUT2D eigenvalue weighted by molar-refractivity contribution is 7.22. The van der Waals surface area contributed by atoms with Gasteiger partial charge in [0.25, 0.3) is 0 Å². The smallest absolute Gasteiger partial charge is 0.325 e. The lowest BCUT2D eigenvalue weighted by Gasteiger charge is -2.05. The topological polar surface area (TPSA) is 63.2 Å². The fraction of sp³-hybridized carbons (Fsp3) is 0.125. The summed E-state index contributed by atoms with van der Waals surface area (Å²) in [6, 6.07) is 10.4. The van der Waals surface area contributed by atoms with Crippen molar-refractivity contribution in [3.8, 4) is 5.75 Å². The average Bonchev–Trinajstić information content (AvgIpc) is 2.92. The minimum Gasteiger partial charge on any atom is -0.494 e. The van der Waals surface area contributed by atoms with E-state index in [4.69, 9.17) is 16.3 Å². The second kappa shape index (κ2) is 6.44. The zero-order valence-corrected chi connectivity index (χ0v) is 14.1. The molecule has 1 aromatic heterocycles. The molecular weight excluding hydrogens is 334 g/mol. The van der Waals surface area contributed by atoms with Crippen LogP contribution in [0.3, 0.4) is 0 Å². The second-order valence-corrected chi connectivity index (χ2v) is 6.31. The molecule has 0 aliphatic heterocycles. The van der Waals surface area contributed by atoms with Crippen LogP contribution in [-0.4, -0.2) is 18.1 Å². The molecule has 0 aliphatic carbocycles. The number of rotatable bonds is 3. The van der Waals surface area contributed by atoms with Crippen LogP contribution < -0.4 is 15.4 Å². The van der Waals surface area contributed by atoms with Gasteiger partial charge in [0.15, 0.2) is 5.13 Å². The molecule has 0 bridgehead atoms. The lowest BCUT2D eigenvalue weighted by molar-refractivity contribution is 0.262. The molecular formula is C16H14ClN3O2S. The summed E-state index contributed by atoms with van der Waals surface area (Å²) in [6.07, 6.45) is 0. The van der Waals surface area contributed by atoms with Gasteiger partial charge in [-0.3, -0.25) is 5.32 Å². The molecule has 3 rings (SSSR count). The number of urea groups is 1.